The van der Waals surface area contributed by atoms with E-state index >= 15 is 0 Å². The zero-order valence-electron chi connectivity index (χ0n) is 12.8. The molecule has 4 N–H and O–H groups in total. The van der Waals surface area contributed by atoms with Gasteiger partial charge in [-0.15, -0.1) is 0 Å². The van der Waals surface area contributed by atoms with Crippen LogP contribution in [0.25, 0.3) is 0 Å². The summed E-state index contributed by atoms with van der Waals surface area (Å²) in [7, 11) is 0. The number of oxime groups is 1. The lowest BCUT2D eigenvalue weighted by Crippen LogP contribution is -2.32. The molecular formula is C16H26N4O. The SMILES string of the molecule is CCCC1CCC(NCc2ccnc(C(N)=NO)c2)CC1. The number of nitrogens with two attached hydrogens (primary N) is 1. The van der Waals surface area contributed by atoms with Gasteiger partial charge in [0.15, 0.2) is 5.84 Å². The molecule has 0 atom stereocenters. The van der Waals surface area contributed by atoms with E-state index in [9.17, 15) is 0 Å². The third-order valence-electron chi connectivity index (χ3n) is 4.33. The summed E-state index contributed by atoms with van der Waals surface area (Å²) < 4.78 is 0. The van der Waals surface area contributed by atoms with E-state index in [1.54, 1.807) is 6.20 Å². The van der Waals surface area contributed by atoms with E-state index in [4.69, 9.17) is 10.9 Å². The zero-order chi connectivity index (χ0) is 15.1. The highest BCUT2D eigenvalue weighted by molar-refractivity contribution is 5.95. The molecule has 0 saturated heterocycles. The Balaban J connectivity index is 1.81. The lowest BCUT2D eigenvalue weighted by molar-refractivity contribution is 0.277. The molecule has 1 fully saturated rings. The smallest absolute Gasteiger partial charge is 0.188 e. The monoisotopic (exact) mass is 290 g/mol. The Kier molecular flexibility index (Phi) is 5.99. The molecule has 0 aliphatic heterocycles. The van der Waals surface area contributed by atoms with Gasteiger partial charge >= 0.3 is 0 Å². The van der Waals surface area contributed by atoms with Crippen LogP contribution in [0.15, 0.2) is 23.5 Å². The zero-order valence-corrected chi connectivity index (χ0v) is 12.8. The summed E-state index contributed by atoms with van der Waals surface area (Å²) in [5.41, 5.74) is 7.19. The second-order valence-corrected chi connectivity index (χ2v) is 5.92. The van der Waals surface area contributed by atoms with Crippen molar-refractivity contribution in [3.63, 3.8) is 0 Å². The molecule has 0 spiro atoms. The predicted molar refractivity (Wildman–Crippen MR) is 84.2 cm³/mol. The van der Waals surface area contributed by atoms with Crippen LogP contribution in [0.5, 0.6) is 0 Å². The summed E-state index contributed by atoms with van der Waals surface area (Å²) in [4.78, 5) is 4.09. The molecule has 1 aliphatic carbocycles. The van der Waals surface area contributed by atoms with Crippen LogP contribution in [-0.2, 0) is 6.54 Å². The normalized spacial score (nSPS) is 23.2. The van der Waals surface area contributed by atoms with Crippen molar-refractivity contribution < 1.29 is 5.21 Å². The molecule has 1 saturated carbocycles. The molecule has 5 nitrogen and oxygen atoms in total. The van der Waals surface area contributed by atoms with Crippen molar-refractivity contribution in [1.29, 1.82) is 0 Å². The van der Waals surface area contributed by atoms with Gasteiger partial charge in [-0.25, -0.2) is 0 Å². The van der Waals surface area contributed by atoms with Gasteiger partial charge in [0.2, 0.25) is 0 Å². The molecule has 0 unspecified atom stereocenters. The van der Waals surface area contributed by atoms with Gasteiger partial charge < -0.3 is 16.3 Å². The third-order valence-corrected chi connectivity index (χ3v) is 4.33. The lowest BCUT2D eigenvalue weighted by Gasteiger charge is -2.29. The molecule has 2 rings (SSSR count). The van der Waals surface area contributed by atoms with Crippen LogP contribution in [0.2, 0.25) is 0 Å². The van der Waals surface area contributed by atoms with Crippen LogP contribution in [0.4, 0.5) is 0 Å². The molecule has 1 aromatic rings. The summed E-state index contributed by atoms with van der Waals surface area (Å²) >= 11 is 0. The molecule has 1 heterocycles. The van der Waals surface area contributed by atoms with Gasteiger partial charge in [-0.05, 0) is 49.3 Å². The summed E-state index contributed by atoms with van der Waals surface area (Å²) in [5.74, 6) is 0.984. The van der Waals surface area contributed by atoms with E-state index in [0.717, 1.165) is 18.0 Å². The highest BCUT2D eigenvalue weighted by Gasteiger charge is 2.19. The molecule has 0 bridgehead atoms. The molecule has 0 amide bonds. The molecule has 0 aromatic carbocycles. The van der Waals surface area contributed by atoms with Crippen molar-refractivity contribution in [2.24, 2.45) is 16.8 Å². The number of aromatic nitrogens is 1. The Morgan fingerprint density at radius 2 is 2.19 bits per heavy atom. The van der Waals surface area contributed by atoms with Crippen LogP contribution in [0.3, 0.4) is 0 Å². The Morgan fingerprint density at radius 1 is 1.43 bits per heavy atom. The summed E-state index contributed by atoms with van der Waals surface area (Å²) in [6.45, 7) is 3.07. The van der Waals surface area contributed by atoms with Gasteiger partial charge in [-0.3, -0.25) is 4.98 Å². The highest BCUT2D eigenvalue weighted by Crippen LogP contribution is 2.27. The number of rotatable bonds is 6. The van der Waals surface area contributed by atoms with Crippen molar-refractivity contribution in [2.75, 3.05) is 0 Å². The van der Waals surface area contributed by atoms with Crippen molar-refractivity contribution in [3.8, 4) is 0 Å². The first-order valence-electron chi connectivity index (χ1n) is 7.89. The minimum atomic E-state index is 0.0527. The fourth-order valence-corrected chi connectivity index (χ4v) is 3.10. The van der Waals surface area contributed by atoms with Crippen molar-refractivity contribution in [3.05, 3.63) is 29.6 Å². The largest absolute Gasteiger partial charge is 0.409 e. The summed E-state index contributed by atoms with van der Waals surface area (Å²) in [5, 5.41) is 15.3. The summed E-state index contributed by atoms with van der Waals surface area (Å²) in [6, 6.07) is 4.44. The second kappa shape index (κ2) is 7.98. The molecule has 0 radical (unpaired) electrons. The average molecular weight is 290 g/mol. The van der Waals surface area contributed by atoms with E-state index < -0.39 is 0 Å². The molecule has 1 aliphatic rings. The number of amidine groups is 1. The van der Waals surface area contributed by atoms with Gasteiger partial charge in [0.1, 0.15) is 5.69 Å². The van der Waals surface area contributed by atoms with Crippen LogP contribution < -0.4 is 11.1 Å². The Hall–Kier alpha value is -1.62. The standard InChI is InChI=1S/C16H26N4O/c1-2-3-12-4-6-14(7-5-12)19-11-13-8-9-18-15(10-13)16(17)20-21/h8-10,12,14,19,21H,2-7,11H2,1H3,(H2,17,20). The topological polar surface area (TPSA) is 83.5 Å². The van der Waals surface area contributed by atoms with E-state index in [-0.39, 0.29) is 5.84 Å². The van der Waals surface area contributed by atoms with Gasteiger partial charge in [-0.1, -0.05) is 24.9 Å². The number of hydrogen-bond donors (Lipinski definition) is 3. The quantitative estimate of drug-likeness (QED) is 0.325. The van der Waals surface area contributed by atoms with Crippen molar-refractivity contribution in [2.45, 2.75) is 58.0 Å². The number of pyridine rings is 1. The van der Waals surface area contributed by atoms with Gasteiger partial charge in [0, 0.05) is 18.8 Å². The Morgan fingerprint density at radius 3 is 2.86 bits per heavy atom. The van der Waals surface area contributed by atoms with E-state index in [1.807, 2.05) is 12.1 Å². The highest BCUT2D eigenvalue weighted by atomic mass is 16.4. The number of hydrogen-bond acceptors (Lipinski definition) is 4. The molecular weight excluding hydrogens is 264 g/mol. The van der Waals surface area contributed by atoms with Crippen LogP contribution in [-0.4, -0.2) is 22.1 Å². The van der Waals surface area contributed by atoms with Gasteiger partial charge in [0.05, 0.1) is 0 Å². The maximum absolute atomic E-state index is 8.69. The predicted octanol–water partition coefficient (Wildman–Crippen LogP) is 2.62. The lowest BCUT2D eigenvalue weighted by atomic mass is 9.83. The van der Waals surface area contributed by atoms with Gasteiger partial charge in [-0.2, -0.15) is 0 Å². The number of nitrogens with zero attached hydrogens (tertiary/aromatic N) is 2. The first-order chi connectivity index (χ1) is 10.2. The van der Waals surface area contributed by atoms with Gasteiger partial charge in [0.25, 0.3) is 0 Å². The minimum absolute atomic E-state index is 0.0527. The summed E-state index contributed by atoms with van der Waals surface area (Å²) in [6.07, 6.45) is 9.60. The molecule has 21 heavy (non-hydrogen) atoms. The average Bonchev–Trinajstić information content (AvgIpc) is 2.54. The fourth-order valence-electron chi connectivity index (χ4n) is 3.10. The maximum Gasteiger partial charge on any atom is 0.188 e. The van der Waals surface area contributed by atoms with E-state index in [2.05, 4.69) is 22.4 Å². The Bertz CT molecular complexity index is 467. The van der Waals surface area contributed by atoms with E-state index in [0.29, 0.717) is 11.7 Å². The third kappa shape index (κ3) is 4.70. The van der Waals surface area contributed by atoms with Crippen LogP contribution >= 0.6 is 0 Å². The first-order valence-corrected chi connectivity index (χ1v) is 7.89. The minimum Gasteiger partial charge on any atom is -0.409 e. The van der Waals surface area contributed by atoms with Crippen molar-refractivity contribution in [1.82, 2.24) is 10.3 Å². The maximum atomic E-state index is 8.69. The number of nitrogens with one attached hydrogen (secondary N) is 1. The second-order valence-electron chi connectivity index (χ2n) is 5.92. The van der Waals surface area contributed by atoms with Crippen LogP contribution in [0, 0.1) is 5.92 Å². The first kappa shape index (κ1) is 15.8. The molecule has 5 heteroatoms. The van der Waals surface area contributed by atoms with Crippen LogP contribution in [0.1, 0.15) is 56.7 Å². The van der Waals surface area contributed by atoms with E-state index in [1.165, 1.54) is 38.5 Å². The fraction of sp³-hybridized carbons (Fsp3) is 0.625. The van der Waals surface area contributed by atoms with Crippen molar-refractivity contribution >= 4 is 5.84 Å². The Labute approximate surface area is 126 Å². The molecule has 116 valence electrons. The molecule has 1 aromatic heterocycles.